The molecule has 0 saturated carbocycles. The van der Waals surface area contributed by atoms with Crippen LogP contribution in [0.5, 0.6) is 0 Å². The average Bonchev–Trinajstić information content (AvgIpc) is 2.98. The first-order chi connectivity index (χ1) is 14.5. The van der Waals surface area contributed by atoms with E-state index in [9.17, 15) is 31.1 Å². The van der Waals surface area contributed by atoms with Crippen molar-refractivity contribution >= 4 is 32.9 Å². The average molecular weight is 497 g/mol. The second-order valence-electron chi connectivity index (χ2n) is 6.93. The van der Waals surface area contributed by atoms with Gasteiger partial charge in [-0.2, -0.15) is 26.3 Å². The van der Waals surface area contributed by atoms with E-state index in [1.165, 1.54) is 30.3 Å². The summed E-state index contributed by atoms with van der Waals surface area (Å²) in [5.74, 6) is -0.547. The first-order valence-corrected chi connectivity index (χ1v) is 9.70. The molecule has 0 aromatic heterocycles. The van der Waals surface area contributed by atoms with Crippen LogP contribution in [0.4, 0.5) is 26.3 Å². The van der Waals surface area contributed by atoms with E-state index in [-0.39, 0.29) is 27.8 Å². The minimum atomic E-state index is -4.63. The molecule has 0 atom stereocenters. The van der Waals surface area contributed by atoms with Crippen LogP contribution in [0.2, 0.25) is 0 Å². The quantitative estimate of drug-likeness (QED) is 0.333. The summed E-state index contributed by atoms with van der Waals surface area (Å²) in [7, 11) is 0. The molecule has 0 aliphatic heterocycles. The van der Waals surface area contributed by atoms with Gasteiger partial charge in [-0.1, -0.05) is 40.2 Å². The molecule has 0 heterocycles. The maximum absolute atomic E-state index is 13.3. The summed E-state index contributed by atoms with van der Waals surface area (Å²) in [5.41, 5.74) is -1.14. The van der Waals surface area contributed by atoms with Crippen LogP contribution in [0.1, 0.15) is 38.2 Å². The molecule has 0 spiro atoms. The van der Waals surface area contributed by atoms with E-state index in [2.05, 4.69) is 15.9 Å². The van der Waals surface area contributed by atoms with Crippen LogP contribution in [0.3, 0.4) is 0 Å². The zero-order valence-electron chi connectivity index (χ0n) is 15.4. The van der Waals surface area contributed by atoms with Crippen molar-refractivity contribution in [3.8, 4) is 0 Å². The highest BCUT2D eigenvalue weighted by Crippen LogP contribution is 2.45. The van der Waals surface area contributed by atoms with Crippen molar-refractivity contribution in [2.75, 3.05) is 0 Å². The molecule has 158 valence electrons. The molecule has 1 nitrogen and oxygen atoms in total. The van der Waals surface area contributed by atoms with E-state index in [0.717, 1.165) is 24.3 Å². The highest BCUT2D eigenvalue weighted by Gasteiger charge is 2.36. The van der Waals surface area contributed by atoms with E-state index in [0.29, 0.717) is 10.0 Å². The highest BCUT2D eigenvalue weighted by molar-refractivity contribution is 9.10. The summed E-state index contributed by atoms with van der Waals surface area (Å²) in [4.78, 5) is 13.2. The van der Waals surface area contributed by atoms with Gasteiger partial charge < -0.3 is 0 Å². The van der Waals surface area contributed by atoms with Crippen LogP contribution in [0.25, 0.3) is 11.1 Å². The summed E-state index contributed by atoms with van der Waals surface area (Å²) in [6, 6.07) is 13.3. The Morgan fingerprint density at radius 1 is 0.613 bits per heavy atom. The maximum atomic E-state index is 13.3. The number of halogens is 7. The molecule has 4 rings (SSSR count). The molecule has 0 N–H and O–H groups in total. The Morgan fingerprint density at radius 3 is 1.65 bits per heavy atom. The van der Waals surface area contributed by atoms with Gasteiger partial charge in [-0.3, -0.25) is 4.79 Å². The van der Waals surface area contributed by atoms with E-state index < -0.39 is 29.3 Å². The number of fused-ring (bicyclic) bond motifs is 1. The van der Waals surface area contributed by atoms with Gasteiger partial charge in [0.25, 0.3) is 0 Å². The number of allylic oxidation sites excluding steroid dienone is 1. The molecule has 0 fully saturated rings. The zero-order chi connectivity index (χ0) is 22.6. The number of ketones is 1. The minimum absolute atomic E-state index is 0.0143. The largest absolute Gasteiger partial charge is 0.416 e. The van der Waals surface area contributed by atoms with Gasteiger partial charge in [0, 0.05) is 21.2 Å². The zero-order valence-corrected chi connectivity index (χ0v) is 17.0. The number of rotatable bonds is 2. The second kappa shape index (κ2) is 7.37. The van der Waals surface area contributed by atoms with E-state index in [1.807, 2.05) is 0 Å². The van der Waals surface area contributed by atoms with Gasteiger partial charge in [0.15, 0.2) is 5.78 Å². The standard InChI is InChI=1S/C23H11BrF6O/c24-16-7-8-17-18(11-16)19(12-3-1-5-14(9-12)22(25,26)27)20(21(17)31)13-4-2-6-15(10-13)23(28,29)30/h1-11H. The number of Topliss-reactive ketones (excluding diaryl/α,β-unsaturated/α-hetero) is 1. The molecule has 0 saturated heterocycles. The fourth-order valence-electron chi connectivity index (χ4n) is 3.58. The van der Waals surface area contributed by atoms with Gasteiger partial charge in [-0.15, -0.1) is 0 Å². The number of alkyl halides is 6. The lowest BCUT2D eigenvalue weighted by Crippen LogP contribution is -2.07. The smallest absolute Gasteiger partial charge is 0.289 e. The van der Waals surface area contributed by atoms with Gasteiger partial charge in [0.05, 0.1) is 11.1 Å². The van der Waals surface area contributed by atoms with Gasteiger partial charge in [-0.05, 0) is 59.2 Å². The summed E-state index contributed by atoms with van der Waals surface area (Å²) in [6.07, 6.45) is -9.25. The molecular weight excluding hydrogens is 486 g/mol. The summed E-state index contributed by atoms with van der Waals surface area (Å²) in [6.45, 7) is 0. The van der Waals surface area contributed by atoms with Crippen molar-refractivity contribution in [2.45, 2.75) is 12.4 Å². The fourth-order valence-corrected chi connectivity index (χ4v) is 3.94. The normalized spacial score (nSPS) is 14.2. The van der Waals surface area contributed by atoms with Crippen LogP contribution >= 0.6 is 15.9 Å². The Balaban J connectivity index is 2.02. The molecule has 8 heteroatoms. The van der Waals surface area contributed by atoms with E-state index in [4.69, 9.17) is 0 Å². The molecule has 0 unspecified atom stereocenters. The first kappa shape index (κ1) is 21.4. The predicted molar refractivity (Wildman–Crippen MR) is 107 cm³/mol. The van der Waals surface area contributed by atoms with Crippen molar-refractivity contribution in [1.82, 2.24) is 0 Å². The van der Waals surface area contributed by atoms with Crippen molar-refractivity contribution in [1.29, 1.82) is 0 Å². The van der Waals surface area contributed by atoms with Gasteiger partial charge >= 0.3 is 12.4 Å². The third-order valence-corrected chi connectivity index (χ3v) is 5.42. The Kier molecular flexibility index (Phi) is 5.08. The number of carbonyl (C=O) groups excluding carboxylic acids is 1. The third kappa shape index (κ3) is 3.92. The van der Waals surface area contributed by atoms with Gasteiger partial charge in [0.1, 0.15) is 0 Å². The SMILES string of the molecule is O=C1C(c2cccc(C(F)(F)F)c2)=C(c2cccc(C(F)(F)F)c2)c2cc(Br)ccc21. The Bertz CT molecular complexity index is 1240. The van der Waals surface area contributed by atoms with Crippen molar-refractivity contribution < 1.29 is 31.1 Å². The number of hydrogen-bond donors (Lipinski definition) is 0. The van der Waals surface area contributed by atoms with Crippen LogP contribution < -0.4 is 0 Å². The lowest BCUT2D eigenvalue weighted by Gasteiger charge is -2.13. The lowest BCUT2D eigenvalue weighted by molar-refractivity contribution is -0.138. The molecular formula is C23H11BrF6O. The molecule has 0 radical (unpaired) electrons. The van der Waals surface area contributed by atoms with Crippen LogP contribution in [0.15, 0.2) is 71.2 Å². The topological polar surface area (TPSA) is 17.1 Å². The highest BCUT2D eigenvalue weighted by atomic mass is 79.9. The summed E-state index contributed by atoms with van der Waals surface area (Å²) in [5, 5.41) is 0. The van der Waals surface area contributed by atoms with E-state index in [1.54, 1.807) is 12.1 Å². The van der Waals surface area contributed by atoms with Crippen molar-refractivity contribution in [2.24, 2.45) is 0 Å². The van der Waals surface area contributed by atoms with Crippen LogP contribution in [0, 0.1) is 0 Å². The molecule has 3 aromatic carbocycles. The number of benzene rings is 3. The second-order valence-corrected chi connectivity index (χ2v) is 7.84. The number of hydrogen-bond acceptors (Lipinski definition) is 1. The number of carbonyl (C=O) groups is 1. The van der Waals surface area contributed by atoms with Crippen LogP contribution in [-0.4, -0.2) is 5.78 Å². The third-order valence-electron chi connectivity index (χ3n) is 4.93. The van der Waals surface area contributed by atoms with Gasteiger partial charge in [0.2, 0.25) is 0 Å². The van der Waals surface area contributed by atoms with Crippen molar-refractivity contribution in [3.05, 3.63) is 105 Å². The Labute approximate surface area is 181 Å². The maximum Gasteiger partial charge on any atom is 0.416 e. The van der Waals surface area contributed by atoms with Crippen LogP contribution in [-0.2, 0) is 12.4 Å². The minimum Gasteiger partial charge on any atom is -0.289 e. The molecule has 31 heavy (non-hydrogen) atoms. The fraction of sp³-hybridized carbons (Fsp3) is 0.0870. The molecule has 0 bridgehead atoms. The molecule has 1 aliphatic rings. The van der Waals surface area contributed by atoms with E-state index >= 15 is 0 Å². The predicted octanol–water partition coefficient (Wildman–Crippen LogP) is 7.64. The molecule has 3 aromatic rings. The van der Waals surface area contributed by atoms with Gasteiger partial charge in [-0.25, -0.2) is 0 Å². The summed E-state index contributed by atoms with van der Waals surface area (Å²) >= 11 is 3.28. The van der Waals surface area contributed by atoms with Crippen molar-refractivity contribution in [3.63, 3.8) is 0 Å². The Hall–Kier alpha value is -2.87. The Morgan fingerprint density at radius 2 is 1.13 bits per heavy atom. The monoisotopic (exact) mass is 496 g/mol. The first-order valence-electron chi connectivity index (χ1n) is 8.91. The lowest BCUT2D eigenvalue weighted by atomic mass is 9.92. The molecule has 1 aliphatic carbocycles. The molecule has 0 amide bonds. The summed E-state index contributed by atoms with van der Waals surface area (Å²) < 4.78 is 80.1.